The molecular formula is C36H49N3O4S. The highest BCUT2D eigenvalue weighted by atomic mass is 32.1. The lowest BCUT2D eigenvalue weighted by atomic mass is 9.81. The SMILES string of the molecule is CC1CCC(C(=O)N(c2cc(C#CC(C)(C)C)sc2C(=O)O)C2CCC(Oc3cccc(CN4CCCCC4)n3)CC2)CC1. The first-order chi connectivity index (χ1) is 21.1. The lowest BCUT2D eigenvalue weighted by Crippen LogP contribution is -2.47. The second kappa shape index (κ2) is 14.5. The summed E-state index contributed by atoms with van der Waals surface area (Å²) in [5.74, 6) is 6.70. The number of carboxylic acids is 1. The number of amides is 1. The van der Waals surface area contributed by atoms with Crippen molar-refractivity contribution in [3.05, 3.63) is 39.7 Å². The highest BCUT2D eigenvalue weighted by Gasteiger charge is 2.38. The number of aromatic nitrogens is 1. The minimum absolute atomic E-state index is 0.0195. The van der Waals surface area contributed by atoms with Crippen molar-refractivity contribution in [2.45, 2.75) is 117 Å². The second-order valence-electron chi connectivity index (χ2n) is 14.1. The van der Waals surface area contributed by atoms with Crippen LogP contribution in [0.5, 0.6) is 5.88 Å². The molecule has 1 amide bonds. The predicted molar refractivity (Wildman–Crippen MR) is 176 cm³/mol. The van der Waals surface area contributed by atoms with E-state index in [4.69, 9.17) is 9.72 Å². The van der Waals surface area contributed by atoms with Crippen molar-refractivity contribution in [1.29, 1.82) is 0 Å². The van der Waals surface area contributed by atoms with Gasteiger partial charge in [0, 0.05) is 30.0 Å². The zero-order valence-electron chi connectivity index (χ0n) is 26.9. The van der Waals surface area contributed by atoms with Gasteiger partial charge in [-0.2, -0.15) is 0 Å². The molecule has 0 bridgehead atoms. The Morgan fingerprint density at radius 2 is 1.75 bits per heavy atom. The summed E-state index contributed by atoms with van der Waals surface area (Å²) in [6.07, 6.45) is 10.7. The molecule has 238 valence electrons. The van der Waals surface area contributed by atoms with Crippen molar-refractivity contribution < 1.29 is 19.4 Å². The average molecular weight is 620 g/mol. The molecule has 3 aliphatic rings. The number of ether oxygens (including phenoxy) is 1. The number of pyridine rings is 1. The highest BCUT2D eigenvalue weighted by molar-refractivity contribution is 7.15. The van der Waals surface area contributed by atoms with Crippen LogP contribution in [0.4, 0.5) is 5.69 Å². The molecule has 0 atom stereocenters. The summed E-state index contributed by atoms with van der Waals surface area (Å²) >= 11 is 1.18. The van der Waals surface area contributed by atoms with Gasteiger partial charge in [0.25, 0.3) is 0 Å². The third-order valence-corrected chi connectivity index (χ3v) is 10.3. The maximum Gasteiger partial charge on any atom is 0.348 e. The van der Waals surface area contributed by atoms with Crippen LogP contribution in [-0.4, -0.2) is 52.1 Å². The summed E-state index contributed by atoms with van der Waals surface area (Å²) in [6.45, 7) is 11.5. The molecule has 2 aliphatic carbocycles. The fourth-order valence-corrected chi connectivity index (χ4v) is 7.61. The van der Waals surface area contributed by atoms with Gasteiger partial charge in [-0.05, 0) is 116 Å². The van der Waals surface area contributed by atoms with Crippen molar-refractivity contribution in [3.63, 3.8) is 0 Å². The number of aromatic carboxylic acids is 1. The van der Waals surface area contributed by atoms with E-state index in [-0.39, 0.29) is 34.3 Å². The molecule has 0 spiro atoms. The zero-order chi connectivity index (χ0) is 31.3. The molecule has 1 aliphatic heterocycles. The van der Waals surface area contributed by atoms with Gasteiger partial charge in [0.1, 0.15) is 11.0 Å². The highest BCUT2D eigenvalue weighted by Crippen LogP contribution is 2.39. The van der Waals surface area contributed by atoms with Crippen LogP contribution in [0.1, 0.15) is 119 Å². The van der Waals surface area contributed by atoms with Crippen molar-refractivity contribution >= 4 is 28.9 Å². The number of piperidine rings is 1. The van der Waals surface area contributed by atoms with Crippen molar-refractivity contribution in [2.75, 3.05) is 18.0 Å². The molecular weight excluding hydrogens is 570 g/mol. The third-order valence-electron chi connectivity index (χ3n) is 9.24. The third kappa shape index (κ3) is 8.63. The summed E-state index contributed by atoms with van der Waals surface area (Å²) in [5.41, 5.74) is 1.35. The molecule has 8 heteroatoms. The number of likely N-dealkylation sites (tertiary alicyclic amines) is 1. The normalized spacial score (nSPS) is 24.6. The molecule has 0 unspecified atom stereocenters. The van der Waals surface area contributed by atoms with Gasteiger partial charge in [0.05, 0.1) is 16.3 Å². The Balaban J connectivity index is 1.32. The van der Waals surface area contributed by atoms with Crippen molar-refractivity contribution in [3.8, 4) is 17.7 Å². The Morgan fingerprint density at radius 1 is 1.05 bits per heavy atom. The number of thiophene rings is 1. The minimum atomic E-state index is -1.00. The number of hydrogen-bond acceptors (Lipinski definition) is 6. The Hall–Kier alpha value is -2.89. The van der Waals surface area contributed by atoms with Gasteiger partial charge in [-0.1, -0.05) is 31.3 Å². The van der Waals surface area contributed by atoms with Gasteiger partial charge >= 0.3 is 5.97 Å². The molecule has 1 N–H and O–H groups in total. The smallest absolute Gasteiger partial charge is 0.348 e. The number of carboxylic acid groups (broad SMARTS) is 1. The molecule has 0 radical (unpaired) electrons. The van der Waals surface area contributed by atoms with Gasteiger partial charge in [-0.3, -0.25) is 9.69 Å². The molecule has 3 fully saturated rings. The van der Waals surface area contributed by atoms with Crippen LogP contribution in [0.15, 0.2) is 24.3 Å². The fraction of sp³-hybridized carbons (Fsp3) is 0.639. The molecule has 5 rings (SSSR count). The number of carbonyl (C=O) groups is 2. The lowest BCUT2D eigenvalue weighted by molar-refractivity contribution is -0.124. The second-order valence-corrected chi connectivity index (χ2v) is 15.2. The summed E-state index contributed by atoms with van der Waals surface area (Å²) < 4.78 is 6.39. The summed E-state index contributed by atoms with van der Waals surface area (Å²) in [5, 5.41) is 10.2. The molecule has 1 saturated heterocycles. The largest absolute Gasteiger partial charge is 0.477 e. The van der Waals surface area contributed by atoms with Crippen molar-refractivity contribution in [1.82, 2.24) is 9.88 Å². The van der Waals surface area contributed by atoms with E-state index in [1.54, 1.807) is 0 Å². The van der Waals surface area contributed by atoms with Gasteiger partial charge < -0.3 is 14.7 Å². The van der Waals surface area contributed by atoms with Crippen LogP contribution < -0.4 is 9.64 Å². The Kier molecular flexibility index (Phi) is 10.7. The number of rotatable bonds is 8. The van der Waals surface area contributed by atoms with E-state index < -0.39 is 5.97 Å². The Labute approximate surface area is 267 Å². The quantitative estimate of drug-likeness (QED) is 0.304. The van der Waals surface area contributed by atoms with E-state index in [0.29, 0.717) is 22.4 Å². The van der Waals surface area contributed by atoms with E-state index in [9.17, 15) is 14.7 Å². The van der Waals surface area contributed by atoms with Crippen LogP contribution in [0.2, 0.25) is 0 Å². The fourth-order valence-electron chi connectivity index (χ4n) is 6.77. The summed E-state index contributed by atoms with van der Waals surface area (Å²) in [4.78, 5) is 36.7. The maximum absolute atomic E-state index is 14.2. The van der Waals surface area contributed by atoms with E-state index in [1.165, 1.54) is 30.6 Å². The van der Waals surface area contributed by atoms with Gasteiger partial charge in [0.15, 0.2) is 0 Å². The van der Waals surface area contributed by atoms with Crippen LogP contribution in [-0.2, 0) is 11.3 Å². The molecule has 44 heavy (non-hydrogen) atoms. The van der Waals surface area contributed by atoms with E-state index in [1.807, 2.05) is 43.9 Å². The van der Waals surface area contributed by atoms with E-state index in [0.717, 1.165) is 76.7 Å². The topological polar surface area (TPSA) is 83.0 Å². The summed E-state index contributed by atoms with van der Waals surface area (Å²) in [7, 11) is 0. The zero-order valence-corrected chi connectivity index (χ0v) is 27.8. The standard InChI is InChI=1S/C36H49N3O4S/c1-25-11-13-26(14-12-25)34(40)39(31-23-30(19-20-36(2,3)4)44-33(31)35(41)42)28-15-17-29(18-16-28)43-32-10-8-9-27(37-32)24-38-21-6-5-7-22-38/h8-10,23,25-26,28-29H,5-7,11-18,21-22,24H2,1-4H3,(H,41,42). The lowest BCUT2D eigenvalue weighted by Gasteiger charge is -2.39. The molecule has 2 aromatic heterocycles. The molecule has 2 aromatic rings. The number of hydrogen-bond donors (Lipinski definition) is 1. The number of anilines is 1. The Bertz CT molecular complexity index is 1350. The van der Waals surface area contributed by atoms with Crippen LogP contribution in [0.3, 0.4) is 0 Å². The predicted octanol–water partition coefficient (Wildman–Crippen LogP) is 7.77. The first-order valence-corrected chi connectivity index (χ1v) is 17.5. The Morgan fingerprint density at radius 3 is 2.41 bits per heavy atom. The van der Waals surface area contributed by atoms with Crippen molar-refractivity contribution in [2.24, 2.45) is 17.3 Å². The first-order valence-electron chi connectivity index (χ1n) is 16.6. The average Bonchev–Trinajstić information content (AvgIpc) is 3.42. The van der Waals surface area contributed by atoms with Gasteiger partial charge in [-0.15, -0.1) is 11.3 Å². The van der Waals surface area contributed by atoms with E-state index >= 15 is 0 Å². The van der Waals surface area contributed by atoms with Crippen LogP contribution in [0.25, 0.3) is 0 Å². The molecule has 7 nitrogen and oxygen atoms in total. The maximum atomic E-state index is 14.2. The molecule has 2 saturated carbocycles. The number of carbonyl (C=O) groups excluding carboxylic acids is 1. The van der Waals surface area contributed by atoms with Crippen LogP contribution in [0, 0.1) is 29.1 Å². The monoisotopic (exact) mass is 619 g/mol. The van der Waals surface area contributed by atoms with Crippen LogP contribution >= 0.6 is 11.3 Å². The van der Waals surface area contributed by atoms with Gasteiger partial charge in [-0.25, -0.2) is 9.78 Å². The van der Waals surface area contributed by atoms with Gasteiger partial charge in [0.2, 0.25) is 11.8 Å². The van der Waals surface area contributed by atoms with E-state index in [2.05, 4.69) is 29.7 Å². The minimum Gasteiger partial charge on any atom is -0.477 e. The molecule has 3 heterocycles. The molecule has 0 aromatic carbocycles. The number of nitrogens with zero attached hydrogens (tertiary/aromatic N) is 3. The summed E-state index contributed by atoms with van der Waals surface area (Å²) in [6, 6.07) is 7.82. The first kappa shape index (κ1) is 32.5.